The Balaban J connectivity index is 2.08. The van der Waals surface area contributed by atoms with Crippen molar-refractivity contribution in [1.82, 2.24) is 4.72 Å². The first-order valence-electron chi connectivity index (χ1n) is 5.85. The maximum Gasteiger partial charge on any atom is 0.241 e. The number of sulfonamides is 1. The third-order valence-electron chi connectivity index (χ3n) is 3.07. The number of nitrogens with one attached hydrogen (secondary N) is 1. The molecule has 1 fully saturated rings. The van der Waals surface area contributed by atoms with E-state index in [2.05, 4.69) is 36.6 Å². The van der Waals surface area contributed by atoms with Crippen molar-refractivity contribution in [3.05, 3.63) is 27.1 Å². The van der Waals surface area contributed by atoms with E-state index in [1.165, 1.54) is 6.07 Å². The molecule has 0 amide bonds. The van der Waals surface area contributed by atoms with Crippen LogP contribution < -0.4 is 4.72 Å². The Morgan fingerprint density at radius 1 is 1.30 bits per heavy atom. The molecule has 1 atom stereocenters. The van der Waals surface area contributed by atoms with Gasteiger partial charge >= 0.3 is 0 Å². The Labute approximate surface area is 135 Å². The summed E-state index contributed by atoms with van der Waals surface area (Å²) in [5.74, 6) is 0.0438. The highest BCUT2D eigenvalue weighted by atomic mass is 79.9. The van der Waals surface area contributed by atoms with Gasteiger partial charge in [-0.25, -0.2) is 21.6 Å². The second kappa shape index (κ2) is 6.04. The van der Waals surface area contributed by atoms with Gasteiger partial charge in [-0.1, -0.05) is 15.9 Å². The van der Waals surface area contributed by atoms with E-state index in [0.717, 1.165) is 4.47 Å². The average molecular weight is 447 g/mol. The van der Waals surface area contributed by atoms with Gasteiger partial charge in [0, 0.05) is 15.5 Å². The van der Waals surface area contributed by atoms with Gasteiger partial charge in [0.05, 0.1) is 16.4 Å². The molecule has 2 rings (SSSR count). The highest BCUT2D eigenvalue weighted by Crippen LogP contribution is 2.26. The van der Waals surface area contributed by atoms with Crippen molar-refractivity contribution in [3.63, 3.8) is 0 Å². The normalized spacial score (nSPS) is 22.0. The fourth-order valence-corrected chi connectivity index (χ4v) is 6.75. The van der Waals surface area contributed by atoms with Crippen LogP contribution in [-0.4, -0.2) is 34.9 Å². The third kappa shape index (κ3) is 4.03. The molecular formula is C11H13Br2NO4S2. The molecule has 5 nitrogen and oxygen atoms in total. The van der Waals surface area contributed by atoms with E-state index in [9.17, 15) is 16.8 Å². The van der Waals surface area contributed by atoms with E-state index in [0.29, 0.717) is 10.9 Å². The summed E-state index contributed by atoms with van der Waals surface area (Å²) in [6.07, 6.45) is 0.506. The van der Waals surface area contributed by atoms with Crippen LogP contribution in [0.15, 0.2) is 32.0 Å². The molecule has 1 N–H and O–H groups in total. The van der Waals surface area contributed by atoms with Gasteiger partial charge < -0.3 is 0 Å². The summed E-state index contributed by atoms with van der Waals surface area (Å²) in [5, 5.41) is 0. The van der Waals surface area contributed by atoms with Crippen molar-refractivity contribution < 1.29 is 16.8 Å². The summed E-state index contributed by atoms with van der Waals surface area (Å²) in [5.41, 5.74) is 0. The molecule has 0 aromatic heterocycles. The second-order valence-electron chi connectivity index (χ2n) is 4.70. The van der Waals surface area contributed by atoms with Crippen LogP contribution >= 0.6 is 31.9 Å². The molecule has 0 spiro atoms. The van der Waals surface area contributed by atoms with E-state index in [1.807, 2.05) is 0 Å². The molecule has 20 heavy (non-hydrogen) atoms. The Bertz CT molecular complexity index is 716. The SMILES string of the molecule is O=S1(=O)CCC(CNS(=O)(=O)c2ccc(Br)cc2Br)C1. The molecule has 0 aliphatic carbocycles. The molecule has 0 radical (unpaired) electrons. The fraction of sp³-hybridized carbons (Fsp3) is 0.455. The van der Waals surface area contributed by atoms with Crippen molar-refractivity contribution in [1.29, 1.82) is 0 Å². The molecule has 0 bridgehead atoms. The Morgan fingerprint density at radius 3 is 2.55 bits per heavy atom. The summed E-state index contributed by atoms with van der Waals surface area (Å²) >= 11 is 6.47. The summed E-state index contributed by atoms with van der Waals surface area (Å²) in [7, 11) is -6.64. The molecule has 1 aliphatic heterocycles. The minimum Gasteiger partial charge on any atom is -0.229 e. The maximum absolute atomic E-state index is 12.2. The molecular weight excluding hydrogens is 434 g/mol. The first-order valence-corrected chi connectivity index (χ1v) is 10.7. The van der Waals surface area contributed by atoms with Crippen molar-refractivity contribution in [2.75, 3.05) is 18.1 Å². The molecule has 1 aromatic rings. The van der Waals surface area contributed by atoms with Crippen LogP contribution in [0.5, 0.6) is 0 Å². The molecule has 9 heteroatoms. The second-order valence-corrected chi connectivity index (χ2v) is 10.4. The molecule has 1 aromatic carbocycles. The van der Waals surface area contributed by atoms with Gasteiger partial charge in [0.1, 0.15) is 0 Å². The Kier molecular flexibility index (Phi) is 4.95. The zero-order valence-corrected chi connectivity index (χ0v) is 15.1. The zero-order chi connectivity index (χ0) is 15.0. The fourth-order valence-electron chi connectivity index (χ4n) is 2.03. The number of rotatable bonds is 4. The summed E-state index contributed by atoms with van der Waals surface area (Å²) in [4.78, 5) is 0.140. The van der Waals surface area contributed by atoms with Gasteiger partial charge in [-0.2, -0.15) is 0 Å². The van der Waals surface area contributed by atoms with Gasteiger partial charge in [-0.15, -0.1) is 0 Å². The van der Waals surface area contributed by atoms with Crippen LogP contribution in [-0.2, 0) is 19.9 Å². The number of hydrogen-bond donors (Lipinski definition) is 1. The Hall–Kier alpha value is 0.0400. The summed E-state index contributed by atoms with van der Waals surface area (Å²) < 4.78 is 50.7. The lowest BCUT2D eigenvalue weighted by atomic mass is 10.1. The van der Waals surface area contributed by atoms with Gasteiger partial charge in [0.2, 0.25) is 10.0 Å². The van der Waals surface area contributed by atoms with E-state index >= 15 is 0 Å². The Morgan fingerprint density at radius 2 is 2.00 bits per heavy atom. The number of sulfone groups is 1. The topological polar surface area (TPSA) is 80.3 Å². The molecule has 0 saturated carbocycles. The number of benzene rings is 1. The predicted octanol–water partition coefficient (Wildman–Crippen LogP) is 1.92. The summed E-state index contributed by atoms with van der Waals surface area (Å²) in [6.45, 7) is 0.143. The monoisotopic (exact) mass is 445 g/mol. The van der Waals surface area contributed by atoms with Gasteiger partial charge in [0.25, 0.3) is 0 Å². The molecule has 1 aliphatic rings. The minimum atomic E-state index is -3.64. The lowest BCUT2D eigenvalue weighted by Gasteiger charge is -2.11. The van der Waals surface area contributed by atoms with E-state index < -0.39 is 19.9 Å². The van der Waals surface area contributed by atoms with E-state index in [-0.39, 0.29) is 28.9 Å². The smallest absolute Gasteiger partial charge is 0.229 e. The van der Waals surface area contributed by atoms with Crippen LogP contribution in [0.1, 0.15) is 6.42 Å². The number of hydrogen-bond acceptors (Lipinski definition) is 4. The average Bonchev–Trinajstić information content (AvgIpc) is 2.66. The maximum atomic E-state index is 12.2. The summed E-state index contributed by atoms with van der Waals surface area (Å²) in [6, 6.07) is 4.77. The largest absolute Gasteiger partial charge is 0.241 e. The van der Waals surface area contributed by atoms with Crippen molar-refractivity contribution >= 4 is 51.7 Å². The number of halogens is 2. The standard InChI is InChI=1S/C11H13Br2NO4S2/c12-9-1-2-11(10(13)5-9)20(17,18)14-6-8-3-4-19(15,16)7-8/h1-2,5,8,14H,3-4,6-7H2. The van der Waals surface area contributed by atoms with Gasteiger partial charge in [-0.05, 0) is 46.5 Å². The molecule has 112 valence electrons. The van der Waals surface area contributed by atoms with Crippen molar-refractivity contribution in [3.8, 4) is 0 Å². The van der Waals surface area contributed by atoms with Crippen LogP contribution in [0.25, 0.3) is 0 Å². The van der Waals surface area contributed by atoms with Gasteiger partial charge in [-0.3, -0.25) is 0 Å². The van der Waals surface area contributed by atoms with Crippen LogP contribution in [0.3, 0.4) is 0 Å². The van der Waals surface area contributed by atoms with Crippen molar-refractivity contribution in [2.45, 2.75) is 11.3 Å². The third-order valence-corrected chi connectivity index (χ3v) is 7.80. The highest BCUT2D eigenvalue weighted by molar-refractivity contribution is 9.11. The molecule has 1 unspecified atom stereocenters. The zero-order valence-electron chi connectivity index (χ0n) is 10.3. The molecule has 1 heterocycles. The van der Waals surface area contributed by atoms with Crippen LogP contribution in [0, 0.1) is 5.92 Å². The van der Waals surface area contributed by atoms with Crippen molar-refractivity contribution in [2.24, 2.45) is 5.92 Å². The highest BCUT2D eigenvalue weighted by Gasteiger charge is 2.29. The van der Waals surface area contributed by atoms with E-state index in [1.54, 1.807) is 12.1 Å². The van der Waals surface area contributed by atoms with Crippen LogP contribution in [0.2, 0.25) is 0 Å². The molecule has 1 saturated heterocycles. The lowest BCUT2D eigenvalue weighted by Crippen LogP contribution is -2.30. The minimum absolute atomic E-state index is 0.0526. The lowest BCUT2D eigenvalue weighted by molar-refractivity contribution is 0.543. The van der Waals surface area contributed by atoms with Gasteiger partial charge in [0.15, 0.2) is 9.84 Å². The predicted molar refractivity (Wildman–Crippen MR) is 83.8 cm³/mol. The first kappa shape index (κ1) is 16.4. The van der Waals surface area contributed by atoms with E-state index in [4.69, 9.17) is 0 Å². The quantitative estimate of drug-likeness (QED) is 0.766. The van der Waals surface area contributed by atoms with Crippen LogP contribution in [0.4, 0.5) is 0 Å². The first-order chi connectivity index (χ1) is 9.20.